The largest absolute Gasteiger partial charge is 0.493 e. The van der Waals surface area contributed by atoms with E-state index in [0.29, 0.717) is 18.0 Å². The molecule has 0 aliphatic carbocycles. The van der Waals surface area contributed by atoms with Crippen molar-refractivity contribution < 1.29 is 22.7 Å². The van der Waals surface area contributed by atoms with E-state index < -0.39 is 22.5 Å². The monoisotopic (exact) mass is 454 g/mol. The molecule has 7 nitrogen and oxygen atoms in total. The van der Waals surface area contributed by atoms with Gasteiger partial charge in [-0.15, -0.1) is 0 Å². The van der Waals surface area contributed by atoms with Crippen molar-refractivity contribution in [2.45, 2.75) is 18.4 Å². The Hall–Kier alpha value is -3.52. The second kappa shape index (κ2) is 10.2. The Morgan fingerprint density at radius 1 is 0.906 bits per heavy atom. The average Bonchev–Trinajstić information content (AvgIpc) is 2.82. The summed E-state index contributed by atoms with van der Waals surface area (Å²) in [5.41, 5.74) is 2.29. The first-order chi connectivity index (χ1) is 15.4. The molecule has 0 spiro atoms. The molecule has 0 aliphatic rings. The van der Waals surface area contributed by atoms with E-state index in [2.05, 4.69) is 5.32 Å². The number of rotatable bonds is 9. The van der Waals surface area contributed by atoms with E-state index in [9.17, 15) is 13.2 Å². The van der Waals surface area contributed by atoms with E-state index in [1.54, 1.807) is 30.3 Å². The fourth-order valence-electron chi connectivity index (χ4n) is 3.20. The molecule has 0 saturated carbocycles. The lowest BCUT2D eigenvalue weighted by Gasteiger charge is -2.25. The minimum absolute atomic E-state index is 0.0847. The zero-order chi connectivity index (χ0) is 23.1. The average molecular weight is 455 g/mol. The fraction of sp³-hybridized carbons (Fsp3) is 0.208. The van der Waals surface area contributed by atoms with Crippen molar-refractivity contribution in [2.24, 2.45) is 0 Å². The topological polar surface area (TPSA) is 84.9 Å². The van der Waals surface area contributed by atoms with Crippen LogP contribution < -0.4 is 19.1 Å². The van der Waals surface area contributed by atoms with Crippen molar-refractivity contribution in [3.05, 3.63) is 83.9 Å². The normalized spacial score (nSPS) is 11.0. The molecule has 0 saturated heterocycles. The van der Waals surface area contributed by atoms with Gasteiger partial charge in [0.25, 0.3) is 10.0 Å². The molecular formula is C24H26N2O5S. The van der Waals surface area contributed by atoms with Crippen LogP contribution in [0.25, 0.3) is 0 Å². The lowest BCUT2D eigenvalue weighted by Crippen LogP contribution is -2.40. The third-order valence-corrected chi connectivity index (χ3v) is 6.80. The lowest BCUT2D eigenvalue weighted by atomic mass is 10.1. The minimum Gasteiger partial charge on any atom is -0.493 e. The number of nitrogens with one attached hydrogen (secondary N) is 1. The number of anilines is 1. The highest BCUT2D eigenvalue weighted by Crippen LogP contribution is 2.33. The molecule has 0 aliphatic heterocycles. The Morgan fingerprint density at radius 3 is 2.22 bits per heavy atom. The third-order valence-electron chi connectivity index (χ3n) is 5.01. The van der Waals surface area contributed by atoms with Gasteiger partial charge in [0.05, 0.1) is 24.8 Å². The molecule has 0 radical (unpaired) electrons. The van der Waals surface area contributed by atoms with Crippen molar-refractivity contribution in [3.8, 4) is 11.5 Å². The van der Waals surface area contributed by atoms with Crippen LogP contribution in [-0.2, 0) is 21.4 Å². The third kappa shape index (κ3) is 5.20. The smallest absolute Gasteiger partial charge is 0.264 e. The van der Waals surface area contributed by atoms with Gasteiger partial charge in [0.15, 0.2) is 11.5 Å². The molecule has 0 unspecified atom stereocenters. The van der Waals surface area contributed by atoms with Gasteiger partial charge in [0.1, 0.15) is 6.54 Å². The summed E-state index contributed by atoms with van der Waals surface area (Å²) in [6.45, 7) is 1.87. The van der Waals surface area contributed by atoms with Gasteiger partial charge in [-0.1, -0.05) is 42.5 Å². The maximum atomic E-state index is 13.4. The van der Waals surface area contributed by atoms with Gasteiger partial charge in [-0.3, -0.25) is 9.10 Å². The van der Waals surface area contributed by atoms with Crippen LogP contribution in [0.2, 0.25) is 0 Å². The Bertz CT molecular complexity index is 1180. The molecule has 3 aromatic rings. The van der Waals surface area contributed by atoms with Crippen LogP contribution >= 0.6 is 0 Å². The predicted octanol–water partition coefficient (Wildman–Crippen LogP) is 3.52. The standard InChI is InChI=1S/C24H26N2O5S/c1-18-9-7-8-10-19(18)16-25-24(27)17-26(32(28,29)21-11-5-4-6-12-21)20-13-14-22(30-2)23(15-20)31-3/h4-15H,16-17H2,1-3H3,(H,25,27). The van der Waals surface area contributed by atoms with Crippen LogP contribution in [0.15, 0.2) is 77.7 Å². The van der Waals surface area contributed by atoms with Crippen LogP contribution in [-0.4, -0.2) is 35.1 Å². The van der Waals surface area contributed by atoms with Crippen molar-refractivity contribution in [3.63, 3.8) is 0 Å². The Labute approximate surface area is 188 Å². The number of carbonyl (C=O) groups excluding carboxylic acids is 1. The highest BCUT2D eigenvalue weighted by molar-refractivity contribution is 7.92. The van der Waals surface area contributed by atoms with E-state index in [1.165, 1.54) is 32.4 Å². The number of benzene rings is 3. The van der Waals surface area contributed by atoms with Crippen LogP contribution in [0.1, 0.15) is 11.1 Å². The van der Waals surface area contributed by atoms with Gasteiger partial charge in [-0.2, -0.15) is 0 Å². The summed E-state index contributed by atoms with van der Waals surface area (Å²) in [6, 6.07) is 20.4. The molecule has 1 amide bonds. The van der Waals surface area contributed by atoms with E-state index in [4.69, 9.17) is 9.47 Å². The summed E-state index contributed by atoms with van der Waals surface area (Å²) in [7, 11) is -1.05. The van der Waals surface area contributed by atoms with Crippen molar-refractivity contribution >= 4 is 21.6 Å². The molecule has 0 bridgehead atoms. The van der Waals surface area contributed by atoms with E-state index >= 15 is 0 Å². The molecule has 168 valence electrons. The molecule has 8 heteroatoms. The van der Waals surface area contributed by atoms with Crippen molar-refractivity contribution in [1.29, 1.82) is 0 Å². The summed E-state index contributed by atoms with van der Waals surface area (Å²) in [5.74, 6) is 0.387. The molecule has 3 rings (SSSR count). The first-order valence-electron chi connectivity index (χ1n) is 9.98. The van der Waals surface area contributed by atoms with Crippen LogP contribution in [0.5, 0.6) is 11.5 Å². The quantitative estimate of drug-likeness (QED) is 0.535. The number of amides is 1. The lowest BCUT2D eigenvalue weighted by molar-refractivity contribution is -0.119. The summed E-state index contributed by atoms with van der Waals surface area (Å²) in [5, 5.41) is 2.81. The molecular weight excluding hydrogens is 428 g/mol. The second-order valence-corrected chi connectivity index (χ2v) is 8.93. The summed E-state index contributed by atoms with van der Waals surface area (Å²) >= 11 is 0. The van der Waals surface area contributed by atoms with Gasteiger partial charge in [-0.25, -0.2) is 8.42 Å². The minimum atomic E-state index is -4.01. The molecule has 32 heavy (non-hydrogen) atoms. The zero-order valence-corrected chi connectivity index (χ0v) is 19.1. The highest BCUT2D eigenvalue weighted by atomic mass is 32.2. The van der Waals surface area contributed by atoms with Crippen molar-refractivity contribution in [1.82, 2.24) is 5.32 Å². The molecule has 0 aromatic heterocycles. The highest BCUT2D eigenvalue weighted by Gasteiger charge is 2.28. The number of methoxy groups -OCH3 is 2. The van der Waals surface area contributed by atoms with E-state index in [1.807, 2.05) is 31.2 Å². The maximum Gasteiger partial charge on any atom is 0.264 e. The molecule has 0 heterocycles. The molecule has 3 aromatic carbocycles. The number of carbonyl (C=O) groups is 1. The Balaban J connectivity index is 1.92. The number of aryl methyl sites for hydroxylation is 1. The fourth-order valence-corrected chi connectivity index (χ4v) is 4.64. The first kappa shape index (κ1) is 23.1. The SMILES string of the molecule is COc1ccc(N(CC(=O)NCc2ccccc2C)S(=O)(=O)c2ccccc2)cc1OC. The predicted molar refractivity (Wildman–Crippen MR) is 124 cm³/mol. The van der Waals surface area contributed by atoms with Gasteiger partial charge >= 0.3 is 0 Å². The Morgan fingerprint density at radius 2 is 1.56 bits per heavy atom. The van der Waals surface area contributed by atoms with E-state index in [-0.39, 0.29) is 10.6 Å². The number of ether oxygens (including phenoxy) is 2. The maximum absolute atomic E-state index is 13.4. The number of sulfonamides is 1. The Kier molecular flexibility index (Phi) is 7.37. The number of nitrogens with zero attached hydrogens (tertiary/aromatic N) is 1. The summed E-state index contributed by atoms with van der Waals surface area (Å²) in [4.78, 5) is 12.9. The molecule has 1 N–H and O–H groups in total. The van der Waals surface area contributed by atoms with Gasteiger partial charge in [0.2, 0.25) is 5.91 Å². The van der Waals surface area contributed by atoms with Gasteiger partial charge < -0.3 is 14.8 Å². The molecule has 0 fully saturated rings. The second-order valence-electron chi connectivity index (χ2n) is 7.07. The number of hydrogen-bond acceptors (Lipinski definition) is 5. The van der Waals surface area contributed by atoms with Crippen molar-refractivity contribution in [2.75, 3.05) is 25.1 Å². The first-order valence-corrected chi connectivity index (χ1v) is 11.4. The van der Waals surface area contributed by atoms with Crippen LogP contribution in [0, 0.1) is 6.92 Å². The van der Waals surface area contributed by atoms with Gasteiger partial charge in [-0.05, 0) is 42.3 Å². The zero-order valence-electron chi connectivity index (χ0n) is 18.2. The summed E-state index contributed by atoms with van der Waals surface area (Å²) < 4.78 is 38.5. The summed E-state index contributed by atoms with van der Waals surface area (Å²) in [6.07, 6.45) is 0. The van der Waals surface area contributed by atoms with Crippen LogP contribution in [0.3, 0.4) is 0 Å². The van der Waals surface area contributed by atoms with Crippen LogP contribution in [0.4, 0.5) is 5.69 Å². The van der Waals surface area contributed by atoms with Gasteiger partial charge in [0, 0.05) is 12.6 Å². The number of hydrogen-bond donors (Lipinski definition) is 1. The van der Waals surface area contributed by atoms with E-state index in [0.717, 1.165) is 15.4 Å². The molecule has 0 atom stereocenters.